The molecule has 7 heteroatoms. The predicted molar refractivity (Wildman–Crippen MR) is 79.3 cm³/mol. The van der Waals surface area contributed by atoms with Gasteiger partial charge in [-0.05, 0) is 32.6 Å². The lowest BCUT2D eigenvalue weighted by Crippen LogP contribution is -2.46. The van der Waals surface area contributed by atoms with Gasteiger partial charge in [-0.25, -0.2) is 0 Å². The average Bonchev–Trinajstić information content (AvgIpc) is 2.83. The van der Waals surface area contributed by atoms with Gasteiger partial charge in [-0.15, -0.1) is 10.2 Å². The topological polar surface area (TPSA) is 72.1 Å². The number of nitrogens with two attached hydrogens (primary N) is 1. The van der Waals surface area contributed by atoms with Gasteiger partial charge in [-0.1, -0.05) is 30.0 Å². The maximum absolute atomic E-state index is 12.5. The van der Waals surface area contributed by atoms with Gasteiger partial charge < -0.3 is 10.6 Å². The molecule has 2 heterocycles. The van der Waals surface area contributed by atoms with Crippen molar-refractivity contribution >= 4 is 34.1 Å². The van der Waals surface area contributed by atoms with Crippen LogP contribution < -0.4 is 5.73 Å². The second-order valence-corrected chi connectivity index (χ2v) is 7.35. The van der Waals surface area contributed by atoms with Crippen molar-refractivity contribution in [2.24, 2.45) is 0 Å². The highest BCUT2D eigenvalue weighted by Gasteiger charge is 2.29. The molecule has 0 bridgehead atoms. The molecule has 0 aromatic carbocycles. The lowest BCUT2D eigenvalue weighted by Gasteiger charge is -2.36. The summed E-state index contributed by atoms with van der Waals surface area (Å²) in [4.78, 5) is 14.6. The summed E-state index contributed by atoms with van der Waals surface area (Å²) < 4.78 is 0.767. The third kappa shape index (κ3) is 3.60. The van der Waals surface area contributed by atoms with Crippen LogP contribution in [0.25, 0.3) is 0 Å². The van der Waals surface area contributed by atoms with E-state index in [0.29, 0.717) is 11.2 Å². The van der Waals surface area contributed by atoms with Crippen LogP contribution in [-0.4, -0.2) is 38.8 Å². The standard InChI is InChI=1S/C12H20N4OS2/c1-3-9-6-4-5-7-16(9)10(17)8(2)18-12-15-14-11(13)19-12/h8-9H,3-7H2,1-2H3,(H2,13,14). The number of likely N-dealkylation sites (tertiary alicyclic amines) is 1. The second-order valence-electron chi connectivity index (χ2n) is 4.76. The molecule has 0 spiro atoms. The number of nitrogens with zero attached hydrogens (tertiary/aromatic N) is 3. The molecule has 2 unspecified atom stereocenters. The van der Waals surface area contributed by atoms with Crippen molar-refractivity contribution in [3.63, 3.8) is 0 Å². The monoisotopic (exact) mass is 300 g/mol. The summed E-state index contributed by atoms with van der Waals surface area (Å²) in [5.74, 6) is 0.213. The Morgan fingerprint density at radius 1 is 1.58 bits per heavy atom. The van der Waals surface area contributed by atoms with Crippen molar-refractivity contribution < 1.29 is 4.79 Å². The van der Waals surface area contributed by atoms with E-state index >= 15 is 0 Å². The van der Waals surface area contributed by atoms with Crippen LogP contribution in [0.5, 0.6) is 0 Å². The van der Waals surface area contributed by atoms with Gasteiger partial charge in [-0.3, -0.25) is 4.79 Å². The highest BCUT2D eigenvalue weighted by Crippen LogP contribution is 2.30. The Morgan fingerprint density at radius 3 is 3.00 bits per heavy atom. The van der Waals surface area contributed by atoms with E-state index in [4.69, 9.17) is 5.73 Å². The summed E-state index contributed by atoms with van der Waals surface area (Å²) in [7, 11) is 0. The summed E-state index contributed by atoms with van der Waals surface area (Å²) in [6.07, 6.45) is 4.52. The van der Waals surface area contributed by atoms with Crippen LogP contribution in [0.2, 0.25) is 0 Å². The van der Waals surface area contributed by atoms with E-state index < -0.39 is 0 Å². The SMILES string of the molecule is CCC1CCCCN1C(=O)C(C)Sc1nnc(N)s1. The number of carbonyl (C=O) groups excluding carboxylic acids is 1. The zero-order chi connectivity index (χ0) is 13.8. The molecule has 1 aliphatic heterocycles. The Morgan fingerprint density at radius 2 is 2.37 bits per heavy atom. The molecule has 1 aromatic rings. The van der Waals surface area contributed by atoms with Crippen LogP contribution in [0.3, 0.4) is 0 Å². The lowest BCUT2D eigenvalue weighted by atomic mass is 10.00. The smallest absolute Gasteiger partial charge is 0.236 e. The molecule has 5 nitrogen and oxygen atoms in total. The van der Waals surface area contributed by atoms with E-state index in [1.165, 1.54) is 29.5 Å². The predicted octanol–water partition coefficient (Wildman–Crippen LogP) is 2.39. The van der Waals surface area contributed by atoms with Gasteiger partial charge >= 0.3 is 0 Å². The van der Waals surface area contributed by atoms with E-state index in [1.54, 1.807) is 0 Å². The Balaban J connectivity index is 1.97. The van der Waals surface area contributed by atoms with E-state index in [2.05, 4.69) is 17.1 Å². The average molecular weight is 300 g/mol. The molecular formula is C12H20N4OS2. The van der Waals surface area contributed by atoms with Crippen LogP contribution in [0, 0.1) is 0 Å². The summed E-state index contributed by atoms with van der Waals surface area (Å²) >= 11 is 2.79. The Bertz CT molecular complexity index is 437. The van der Waals surface area contributed by atoms with E-state index in [0.717, 1.165) is 30.1 Å². The van der Waals surface area contributed by atoms with Gasteiger partial charge in [0.15, 0.2) is 4.34 Å². The number of aromatic nitrogens is 2. The Hall–Kier alpha value is -0.820. The number of thioether (sulfide) groups is 1. The highest BCUT2D eigenvalue weighted by atomic mass is 32.2. The van der Waals surface area contributed by atoms with Crippen molar-refractivity contribution in [1.29, 1.82) is 0 Å². The molecular weight excluding hydrogens is 280 g/mol. The molecule has 1 saturated heterocycles. The van der Waals surface area contributed by atoms with Gasteiger partial charge in [0.25, 0.3) is 0 Å². The number of anilines is 1. The molecule has 2 N–H and O–H groups in total. The molecule has 106 valence electrons. The minimum absolute atomic E-state index is 0.125. The fraction of sp³-hybridized carbons (Fsp3) is 0.750. The summed E-state index contributed by atoms with van der Waals surface area (Å²) in [6, 6.07) is 0.406. The molecule has 0 radical (unpaired) electrons. The lowest BCUT2D eigenvalue weighted by molar-refractivity contribution is -0.134. The summed E-state index contributed by atoms with van der Waals surface area (Å²) in [6.45, 7) is 4.98. The minimum Gasteiger partial charge on any atom is -0.374 e. The van der Waals surface area contributed by atoms with Gasteiger partial charge in [-0.2, -0.15) is 0 Å². The van der Waals surface area contributed by atoms with Gasteiger partial charge in [0, 0.05) is 12.6 Å². The fourth-order valence-electron chi connectivity index (χ4n) is 2.42. The highest BCUT2D eigenvalue weighted by molar-refractivity contribution is 8.02. The first-order valence-electron chi connectivity index (χ1n) is 6.68. The molecule has 1 aromatic heterocycles. The van der Waals surface area contributed by atoms with Crippen molar-refractivity contribution in [2.45, 2.75) is 55.2 Å². The van der Waals surface area contributed by atoms with Crippen molar-refractivity contribution in [1.82, 2.24) is 15.1 Å². The van der Waals surface area contributed by atoms with Crippen LogP contribution >= 0.6 is 23.1 Å². The van der Waals surface area contributed by atoms with Crippen molar-refractivity contribution in [3.8, 4) is 0 Å². The molecule has 19 heavy (non-hydrogen) atoms. The zero-order valence-corrected chi connectivity index (χ0v) is 13.0. The third-order valence-electron chi connectivity index (χ3n) is 3.43. The van der Waals surface area contributed by atoms with E-state index in [9.17, 15) is 4.79 Å². The minimum atomic E-state index is -0.125. The Kier molecular flexibility index (Phi) is 5.04. The first-order valence-corrected chi connectivity index (χ1v) is 8.37. The second kappa shape index (κ2) is 6.56. The number of hydrogen-bond acceptors (Lipinski definition) is 6. The number of piperidine rings is 1. The van der Waals surface area contributed by atoms with Crippen LogP contribution in [-0.2, 0) is 4.79 Å². The number of nitrogen functional groups attached to an aromatic ring is 1. The van der Waals surface area contributed by atoms with Gasteiger partial charge in [0.2, 0.25) is 11.0 Å². The van der Waals surface area contributed by atoms with E-state index in [-0.39, 0.29) is 11.2 Å². The molecule has 2 rings (SSSR count). The van der Waals surface area contributed by atoms with Crippen molar-refractivity contribution in [2.75, 3.05) is 12.3 Å². The first kappa shape index (κ1) is 14.6. The van der Waals surface area contributed by atoms with E-state index in [1.807, 2.05) is 11.8 Å². The third-order valence-corrected chi connectivity index (χ3v) is 5.35. The number of hydrogen-bond donors (Lipinski definition) is 1. The molecule has 2 atom stereocenters. The number of amides is 1. The molecule has 0 saturated carbocycles. The van der Waals surface area contributed by atoms with Crippen LogP contribution in [0.1, 0.15) is 39.5 Å². The van der Waals surface area contributed by atoms with Crippen LogP contribution in [0.4, 0.5) is 5.13 Å². The molecule has 1 aliphatic rings. The normalized spacial score (nSPS) is 21.4. The molecule has 1 fully saturated rings. The van der Waals surface area contributed by atoms with Gasteiger partial charge in [0.05, 0.1) is 5.25 Å². The first-order chi connectivity index (χ1) is 9.11. The fourth-order valence-corrected chi connectivity index (χ4v) is 4.27. The zero-order valence-electron chi connectivity index (χ0n) is 11.3. The van der Waals surface area contributed by atoms with Gasteiger partial charge in [0.1, 0.15) is 0 Å². The maximum Gasteiger partial charge on any atom is 0.236 e. The van der Waals surface area contributed by atoms with Crippen molar-refractivity contribution in [3.05, 3.63) is 0 Å². The summed E-state index contributed by atoms with van der Waals surface area (Å²) in [5.41, 5.74) is 5.55. The van der Waals surface area contributed by atoms with Crippen LogP contribution in [0.15, 0.2) is 4.34 Å². The number of rotatable bonds is 4. The quantitative estimate of drug-likeness (QED) is 0.864. The Labute approximate surface area is 122 Å². The molecule has 1 amide bonds. The number of carbonyl (C=O) groups is 1. The largest absolute Gasteiger partial charge is 0.374 e. The maximum atomic E-state index is 12.5. The molecule has 0 aliphatic carbocycles. The summed E-state index contributed by atoms with van der Waals surface area (Å²) in [5, 5.41) is 8.06.